The molecule has 3 heterocycles. The molecule has 24 heavy (non-hydrogen) atoms. The van der Waals surface area contributed by atoms with E-state index >= 15 is 0 Å². The van der Waals surface area contributed by atoms with Crippen molar-refractivity contribution < 1.29 is 4.74 Å². The molecule has 0 aromatic carbocycles. The maximum Gasteiger partial charge on any atom is 0.123 e. The zero-order valence-electron chi connectivity index (χ0n) is 14.4. The normalized spacial score (nSPS) is 18.2. The first-order chi connectivity index (χ1) is 11.6. The lowest BCUT2D eigenvalue weighted by Crippen LogP contribution is -2.24. The summed E-state index contributed by atoms with van der Waals surface area (Å²) in [6.45, 7) is 3.66. The van der Waals surface area contributed by atoms with Crippen LogP contribution in [0.5, 0.6) is 5.75 Å². The minimum Gasteiger partial charge on any atom is -0.489 e. The quantitative estimate of drug-likeness (QED) is 0.872. The molecule has 6 nitrogen and oxygen atoms in total. The second-order valence-corrected chi connectivity index (χ2v) is 6.57. The van der Waals surface area contributed by atoms with Crippen LogP contribution >= 0.6 is 0 Å². The number of likely N-dealkylation sites (tertiary alicyclic amines) is 1. The van der Waals surface area contributed by atoms with Gasteiger partial charge < -0.3 is 15.4 Å². The maximum absolute atomic E-state index is 6.15. The fraction of sp³-hybridized carbons (Fsp3) is 0.444. The van der Waals surface area contributed by atoms with Gasteiger partial charge in [0.15, 0.2) is 0 Å². The topological polar surface area (TPSA) is 67.5 Å². The van der Waals surface area contributed by atoms with E-state index in [1.807, 2.05) is 44.6 Å². The Labute approximate surface area is 143 Å². The Morgan fingerprint density at radius 2 is 2.08 bits per heavy atom. The van der Waals surface area contributed by atoms with Crippen LogP contribution in [-0.4, -0.2) is 53.1 Å². The lowest BCUT2D eigenvalue weighted by Gasteiger charge is -2.17. The first-order valence-electron chi connectivity index (χ1n) is 8.27. The van der Waals surface area contributed by atoms with E-state index in [0.717, 1.165) is 44.0 Å². The van der Waals surface area contributed by atoms with Gasteiger partial charge in [0.05, 0.1) is 5.69 Å². The minimum atomic E-state index is 0.221. The van der Waals surface area contributed by atoms with Crippen molar-refractivity contribution in [2.45, 2.75) is 25.6 Å². The average molecular weight is 327 g/mol. The molecule has 1 unspecified atom stereocenters. The first kappa shape index (κ1) is 16.7. The third-order valence-electron chi connectivity index (χ3n) is 4.05. The van der Waals surface area contributed by atoms with Crippen molar-refractivity contribution in [2.75, 3.05) is 32.9 Å². The predicted molar refractivity (Wildman–Crippen MR) is 94.6 cm³/mol. The Morgan fingerprint density at radius 3 is 2.88 bits per heavy atom. The van der Waals surface area contributed by atoms with Crippen molar-refractivity contribution >= 4 is 5.82 Å². The summed E-state index contributed by atoms with van der Waals surface area (Å²) >= 11 is 0. The lowest BCUT2D eigenvalue weighted by atomic mass is 10.2. The van der Waals surface area contributed by atoms with Crippen LogP contribution in [0, 0.1) is 0 Å². The van der Waals surface area contributed by atoms with Crippen LogP contribution in [0.1, 0.15) is 17.7 Å². The summed E-state index contributed by atoms with van der Waals surface area (Å²) in [6.07, 6.45) is 4.84. The van der Waals surface area contributed by atoms with Crippen molar-refractivity contribution in [1.29, 1.82) is 0 Å². The SMILES string of the molecule is CN(C)Cc1cc(OC2CCN(Cc3ccnc(N)c3)C2)ccn1. The summed E-state index contributed by atoms with van der Waals surface area (Å²) < 4.78 is 6.15. The van der Waals surface area contributed by atoms with E-state index < -0.39 is 0 Å². The molecular weight excluding hydrogens is 302 g/mol. The molecule has 0 amide bonds. The molecular formula is C18H25N5O. The van der Waals surface area contributed by atoms with Crippen molar-refractivity contribution in [3.05, 3.63) is 47.9 Å². The number of hydrogen-bond donors (Lipinski definition) is 1. The van der Waals surface area contributed by atoms with Gasteiger partial charge in [-0.25, -0.2) is 4.98 Å². The Morgan fingerprint density at radius 1 is 1.25 bits per heavy atom. The van der Waals surface area contributed by atoms with Crippen LogP contribution in [-0.2, 0) is 13.1 Å². The highest BCUT2D eigenvalue weighted by atomic mass is 16.5. The van der Waals surface area contributed by atoms with Gasteiger partial charge in [-0.2, -0.15) is 0 Å². The van der Waals surface area contributed by atoms with E-state index in [0.29, 0.717) is 5.82 Å². The number of rotatable bonds is 6. The van der Waals surface area contributed by atoms with Crippen LogP contribution in [0.4, 0.5) is 5.82 Å². The van der Waals surface area contributed by atoms with Crippen LogP contribution in [0.15, 0.2) is 36.7 Å². The van der Waals surface area contributed by atoms with Gasteiger partial charge in [0, 0.05) is 44.6 Å². The second-order valence-electron chi connectivity index (χ2n) is 6.57. The van der Waals surface area contributed by atoms with Crippen LogP contribution < -0.4 is 10.5 Å². The summed E-state index contributed by atoms with van der Waals surface area (Å²) in [4.78, 5) is 12.9. The molecule has 0 spiro atoms. The number of nitrogen functional groups attached to an aromatic ring is 1. The summed E-state index contributed by atoms with van der Waals surface area (Å²) in [5.74, 6) is 1.48. The highest BCUT2D eigenvalue weighted by Crippen LogP contribution is 2.20. The molecule has 1 fully saturated rings. The van der Waals surface area contributed by atoms with Crippen LogP contribution in [0.25, 0.3) is 0 Å². The van der Waals surface area contributed by atoms with E-state index in [-0.39, 0.29) is 6.10 Å². The van der Waals surface area contributed by atoms with Crippen molar-refractivity contribution in [2.24, 2.45) is 0 Å². The number of pyridine rings is 2. The molecule has 2 N–H and O–H groups in total. The molecule has 2 aromatic rings. The molecule has 2 aromatic heterocycles. The van der Waals surface area contributed by atoms with Crippen molar-refractivity contribution in [3.8, 4) is 5.75 Å². The van der Waals surface area contributed by atoms with Gasteiger partial charge in [0.1, 0.15) is 17.7 Å². The van der Waals surface area contributed by atoms with Gasteiger partial charge in [0.25, 0.3) is 0 Å². The number of nitrogens with zero attached hydrogens (tertiary/aromatic N) is 4. The fourth-order valence-corrected chi connectivity index (χ4v) is 3.02. The number of ether oxygens (including phenoxy) is 1. The van der Waals surface area contributed by atoms with Crippen molar-refractivity contribution in [1.82, 2.24) is 19.8 Å². The number of anilines is 1. The Kier molecular flexibility index (Phi) is 5.27. The molecule has 128 valence electrons. The van der Waals surface area contributed by atoms with E-state index in [1.165, 1.54) is 5.56 Å². The molecule has 3 rings (SSSR count). The third kappa shape index (κ3) is 4.66. The molecule has 1 aliphatic rings. The smallest absolute Gasteiger partial charge is 0.123 e. The van der Waals surface area contributed by atoms with E-state index in [1.54, 1.807) is 6.20 Å². The number of aromatic nitrogens is 2. The highest BCUT2D eigenvalue weighted by molar-refractivity contribution is 5.31. The third-order valence-corrected chi connectivity index (χ3v) is 4.05. The summed E-state index contributed by atoms with van der Waals surface area (Å²) in [5, 5.41) is 0. The Balaban J connectivity index is 1.54. The zero-order valence-corrected chi connectivity index (χ0v) is 14.4. The first-order valence-corrected chi connectivity index (χ1v) is 8.27. The second kappa shape index (κ2) is 7.59. The largest absolute Gasteiger partial charge is 0.489 e. The van der Waals surface area contributed by atoms with Crippen LogP contribution in [0.3, 0.4) is 0 Å². The Bertz CT molecular complexity index is 676. The Hall–Kier alpha value is -2.18. The minimum absolute atomic E-state index is 0.221. The van der Waals surface area contributed by atoms with Gasteiger partial charge >= 0.3 is 0 Å². The lowest BCUT2D eigenvalue weighted by molar-refractivity contribution is 0.198. The van der Waals surface area contributed by atoms with E-state index in [4.69, 9.17) is 10.5 Å². The summed E-state index contributed by atoms with van der Waals surface area (Å²) in [7, 11) is 4.08. The number of hydrogen-bond acceptors (Lipinski definition) is 6. The molecule has 0 aliphatic carbocycles. The zero-order chi connectivity index (χ0) is 16.9. The molecule has 1 aliphatic heterocycles. The summed E-state index contributed by atoms with van der Waals surface area (Å²) in [6, 6.07) is 7.92. The molecule has 1 atom stereocenters. The van der Waals surface area contributed by atoms with E-state index in [9.17, 15) is 0 Å². The number of nitrogens with two attached hydrogens (primary N) is 1. The monoisotopic (exact) mass is 327 g/mol. The molecule has 0 bridgehead atoms. The molecule has 1 saturated heterocycles. The molecule has 6 heteroatoms. The van der Waals surface area contributed by atoms with E-state index in [2.05, 4.69) is 19.8 Å². The maximum atomic E-state index is 6.15. The predicted octanol–water partition coefficient (Wildman–Crippen LogP) is 1.77. The van der Waals surface area contributed by atoms with Crippen LogP contribution in [0.2, 0.25) is 0 Å². The highest BCUT2D eigenvalue weighted by Gasteiger charge is 2.24. The average Bonchev–Trinajstić information content (AvgIpc) is 2.94. The van der Waals surface area contributed by atoms with Gasteiger partial charge in [-0.15, -0.1) is 0 Å². The van der Waals surface area contributed by atoms with Gasteiger partial charge in [-0.1, -0.05) is 0 Å². The van der Waals surface area contributed by atoms with Gasteiger partial charge in [-0.3, -0.25) is 9.88 Å². The fourth-order valence-electron chi connectivity index (χ4n) is 3.02. The molecule has 0 saturated carbocycles. The van der Waals surface area contributed by atoms with Crippen molar-refractivity contribution in [3.63, 3.8) is 0 Å². The standard InChI is InChI=1S/C18H25N5O/c1-22(2)12-15-10-16(4-7-20-15)24-17-5-8-23(13-17)11-14-3-6-21-18(19)9-14/h3-4,6-7,9-10,17H,5,8,11-13H2,1-2H3,(H2,19,21). The summed E-state index contributed by atoms with van der Waals surface area (Å²) in [5.41, 5.74) is 7.97. The molecule has 0 radical (unpaired) electrons. The van der Waals surface area contributed by atoms with Gasteiger partial charge in [0.2, 0.25) is 0 Å². The van der Waals surface area contributed by atoms with Gasteiger partial charge in [-0.05, 0) is 44.3 Å².